The van der Waals surface area contributed by atoms with Crippen molar-refractivity contribution in [1.29, 1.82) is 0 Å². The summed E-state index contributed by atoms with van der Waals surface area (Å²) in [6.45, 7) is 1.51. The second-order valence-corrected chi connectivity index (χ2v) is 6.20. The molecule has 0 saturated carbocycles. The monoisotopic (exact) mass is 338 g/mol. The first-order valence-corrected chi connectivity index (χ1v) is 8.54. The molecule has 3 heteroatoms. The van der Waals surface area contributed by atoms with Gasteiger partial charge in [0.05, 0.1) is 11.2 Å². The highest BCUT2D eigenvalue weighted by Gasteiger charge is 2.09. The summed E-state index contributed by atoms with van der Waals surface area (Å²) in [4.78, 5) is 16.2. The van der Waals surface area contributed by atoms with E-state index in [1.807, 2.05) is 60.7 Å². The molecule has 3 aromatic carbocycles. The lowest BCUT2D eigenvalue weighted by Crippen LogP contribution is -2.05. The molecule has 0 aliphatic heterocycles. The molecule has 1 N–H and O–H groups in total. The van der Waals surface area contributed by atoms with E-state index in [-0.39, 0.29) is 5.91 Å². The van der Waals surface area contributed by atoms with Crippen LogP contribution in [0, 0.1) is 0 Å². The molecule has 126 valence electrons. The highest BCUT2D eigenvalue weighted by atomic mass is 16.1. The molecule has 0 aliphatic rings. The Morgan fingerprint density at radius 3 is 2.35 bits per heavy atom. The maximum absolute atomic E-state index is 11.3. The molecule has 0 spiro atoms. The molecule has 0 bridgehead atoms. The number of nitrogens with one attached hydrogen (secondary N) is 1. The smallest absolute Gasteiger partial charge is 0.221 e. The average Bonchev–Trinajstić information content (AvgIpc) is 2.67. The first-order valence-electron chi connectivity index (χ1n) is 8.54. The van der Waals surface area contributed by atoms with Crippen molar-refractivity contribution in [1.82, 2.24) is 4.98 Å². The number of benzene rings is 3. The standard InChI is InChI=1S/C23H18N2O/c1-16(26)24-19-11-7-10-18(14-19)23-15-21(17-8-3-2-4-9-17)20-12-5-6-13-22(20)25-23/h2-15H,1H3,(H,24,26). The summed E-state index contributed by atoms with van der Waals surface area (Å²) in [7, 11) is 0. The first kappa shape index (κ1) is 16.0. The molecule has 0 radical (unpaired) electrons. The summed E-state index contributed by atoms with van der Waals surface area (Å²) in [5.74, 6) is -0.0846. The number of rotatable bonds is 3. The number of carbonyl (C=O) groups excluding carboxylic acids is 1. The Bertz CT molecular complexity index is 1090. The van der Waals surface area contributed by atoms with Gasteiger partial charge in [-0.05, 0) is 35.4 Å². The van der Waals surface area contributed by atoms with Gasteiger partial charge in [-0.15, -0.1) is 0 Å². The van der Waals surface area contributed by atoms with Crippen LogP contribution in [0.4, 0.5) is 5.69 Å². The van der Waals surface area contributed by atoms with E-state index in [1.54, 1.807) is 0 Å². The van der Waals surface area contributed by atoms with Gasteiger partial charge in [0.15, 0.2) is 0 Å². The number of para-hydroxylation sites is 1. The van der Waals surface area contributed by atoms with E-state index in [0.29, 0.717) is 0 Å². The van der Waals surface area contributed by atoms with Gasteiger partial charge in [-0.1, -0.05) is 60.7 Å². The predicted octanol–water partition coefficient (Wildman–Crippen LogP) is 5.53. The second-order valence-electron chi connectivity index (χ2n) is 6.20. The zero-order chi connectivity index (χ0) is 17.9. The second kappa shape index (κ2) is 6.81. The van der Waals surface area contributed by atoms with Crippen LogP contribution in [0.2, 0.25) is 0 Å². The molecule has 1 heterocycles. The largest absolute Gasteiger partial charge is 0.326 e. The Labute approximate surface area is 152 Å². The summed E-state index contributed by atoms with van der Waals surface area (Å²) in [5.41, 5.74) is 5.88. The summed E-state index contributed by atoms with van der Waals surface area (Å²) in [5, 5.41) is 3.96. The van der Waals surface area contributed by atoms with E-state index >= 15 is 0 Å². The number of anilines is 1. The van der Waals surface area contributed by atoms with Gasteiger partial charge in [0.25, 0.3) is 0 Å². The summed E-state index contributed by atoms with van der Waals surface area (Å²) in [6.07, 6.45) is 0. The Kier molecular flexibility index (Phi) is 4.20. The molecule has 1 amide bonds. The zero-order valence-electron chi connectivity index (χ0n) is 14.4. The molecular weight excluding hydrogens is 320 g/mol. The summed E-state index contributed by atoms with van der Waals surface area (Å²) in [6, 6.07) is 28.4. The van der Waals surface area contributed by atoms with Crippen LogP contribution in [0.1, 0.15) is 6.92 Å². The minimum absolute atomic E-state index is 0.0846. The van der Waals surface area contributed by atoms with E-state index in [1.165, 1.54) is 6.92 Å². The molecule has 4 rings (SSSR count). The van der Waals surface area contributed by atoms with Gasteiger partial charge in [0, 0.05) is 23.6 Å². The SMILES string of the molecule is CC(=O)Nc1cccc(-c2cc(-c3ccccc3)c3ccccc3n2)c1. The van der Waals surface area contributed by atoms with Gasteiger partial charge in [0.2, 0.25) is 5.91 Å². The van der Waals surface area contributed by atoms with Crippen LogP contribution >= 0.6 is 0 Å². The fraction of sp³-hybridized carbons (Fsp3) is 0.0435. The number of hydrogen-bond acceptors (Lipinski definition) is 2. The quantitative estimate of drug-likeness (QED) is 0.534. The third kappa shape index (κ3) is 3.20. The zero-order valence-corrected chi connectivity index (χ0v) is 14.4. The Balaban J connectivity index is 1.91. The molecular formula is C23H18N2O. The van der Waals surface area contributed by atoms with Gasteiger partial charge < -0.3 is 5.32 Å². The lowest BCUT2D eigenvalue weighted by Gasteiger charge is -2.11. The van der Waals surface area contributed by atoms with Crippen molar-refractivity contribution in [2.45, 2.75) is 6.92 Å². The van der Waals surface area contributed by atoms with E-state index in [2.05, 4.69) is 29.6 Å². The topological polar surface area (TPSA) is 42.0 Å². The van der Waals surface area contributed by atoms with Gasteiger partial charge in [0.1, 0.15) is 0 Å². The molecule has 0 atom stereocenters. The number of pyridine rings is 1. The molecule has 0 unspecified atom stereocenters. The summed E-state index contributed by atoms with van der Waals surface area (Å²) >= 11 is 0. The van der Waals surface area contributed by atoms with E-state index in [9.17, 15) is 4.79 Å². The van der Waals surface area contributed by atoms with E-state index in [4.69, 9.17) is 4.98 Å². The van der Waals surface area contributed by atoms with Crippen molar-refractivity contribution in [2.24, 2.45) is 0 Å². The molecule has 0 fully saturated rings. The van der Waals surface area contributed by atoms with Gasteiger partial charge in [-0.3, -0.25) is 4.79 Å². The molecule has 26 heavy (non-hydrogen) atoms. The Hall–Kier alpha value is -3.46. The first-order chi connectivity index (χ1) is 12.7. The number of aromatic nitrogens is 1. The van der Waals surface area contributed by atoms with Crippen molar-refractivity contribution in [3.05, 3.63) is 84.9 Å². The van der Waals surface area contributed by atoms with Crippen LogP contribution in [0.5, 0.6) is 0 Å². The fourth-order valence-corrected chi connectivity index (χ4v) is 3.14. The number of hydrogen-bond donors (Lipinski definition) is 1. The number of amides is 1. The van der Waals surface area contributed by atoms with Gasteiger partial charge in [-0.2, -0.15) is 0 Å². The van der Waals surface area contributed by atoms with Crippen molar-refractivity contribution in [3.8, 4) is 22.4 Å². The number of fused-ring (bicyclic) bond motifs is 1. The molecule has 3 nitrogen and oxygen atoms in total. The molecule has 1 aromatic heterocycles. The average molecular weight is 338 g/mol. The lowest BCUT2D eigenvalue weighted by molar-refractivity contribution is -0.114. The van der Waals surface area contributed by atoms with Crippen LogP contribution < -0.4 is 5.32 Å². The minimum Gasteiger partial charge on any atom is -0.326 e. The molecule has 0 aliphatic carbocycles. The Morgan fingerprint density at radius 2 is 1.54 bits per heavy atom. The van der Waals surface area contributed by atoms with E-state index < -0.39 is 0 Å². The van der Waals surface area contributed by atoms with Crippen molar-refractivity contribution in [2.75, 3.05) is 5.32 Å². The van der Waals surface area contributed by atoms with Gasteiger partial charge >= 0.3 is 0 Å². The normalized spacial score (nSPS) is 10.7. The van der Waals surface area contributed by atoms with Crippen molar-refractivity contribution in [3.63, 3.8) is 0 Å². The molecule has 0 saturated heterocycles. The number of carbonyl (C=O) groups is 1. The lowest BCUT2D eigenvalue weighted by atomic mass is 9.98. The van der Waals surface area contributed by atoms with Crippen LogP contribution in [0.15, 0.2) is 84.9 Å². The van der Waals surface area contributed by atoms with E-state index in [0.717, 1.165) is 39.0 Å². The Morgan fingerprint density at radius 1 is 0.808 bits per heavy atom. The predicted molar refractivity (Wildman–Crippen MR) is 107 cm³/mol. The van der Waals surface area contributed by atoms with Crippen LogP contribution in [-0.4, -0.2) is 10.9 Å². The maximum atomic E-state index is 11.3. The van der Waals surface area contributed by atoms with Crippen molar-refractivity contribution >= 4 is 22.5 Å². The number of nitrogens with zero attached hydrogens (tertiary/aromatic N) is 1. The van der Waals surface area contributed by atoms with Gasteiger partial charge in [-0.25, -0.2) is 4.98 Å². The third-order valence-electron chi connectivity index (χ3n) is 4.28. The van der Waals surface area contributed by atoms with Crippen LogP contribution in [-0.2, 0) is 4.79 Å². The molecule has 4 aromatic rings. The summed E-state index contributed by atoms with van der Waals surface area (Å²) < 4.78 is 0. The third-order valence-corrected chi connectivity index (χ3v) is 4.28. The van der Waals surface area contributed by atoms with Crippen molar-refractivity contribution < 1.29 is 4.79 Å². The van der Waals surface area contributed by atoms with Crippen LogP contribution in [0.25, 0.3) is 33.3 Å². The maximum Gasteiger partial charge on any atom is 0.221 e. The van der Waals surface area contributed by atoms with Crippen LogP contribution in [0.3, 0.4) is 0 Å². The minimum atomic E-state index is -0.0846. The fourth-order valence-electron chi connectivity index (χ4n) is 3.14. The highest BCUT2D eigenvalue weighted by molar-refractivity contribution is 5.97. The highest BCUT2D eigenvalue weighted by Crippen LogP contribution is 2.32.